The molecule has 24 heavy (non-hydrogen) atoms. The van der Waals surface area contributed by atoms with E-state index < -0.39 is 0 Å². The van der Waals surface area contributed by atoms with Crippen LogP contribution in [0.1, 0.15) is 11.6 Å². The Bertz CT molecular complexity index is 781. The number of nitrogens with zero attached hydrogens (tertiary/aromatic N) is 3. The first-order valence-electron chi connectivity index (χ1n) is 7.48. The summed E-state index contributed by atoms with van der Waals surface area (Å²) < 4.78 is 5.55. The van der Waals surface area contributed by atoms with E-state index in [1.54, 1.807) is 17.2 Å². The van der Waals surface area contributed by atoms with Crippen LogP contribution in [0, 0.1) is 0 Å². The number of hydrogen-bond acceptors (Lipinski definition) is 5. The van der Waals surface area contributed by atoms with Crippen molar-refractivity contribution < 1.29 is 9.53 Å². The topological polar surface area (TPSA) is 81.3 Å². The van der Waals surface area contributed by atoms with Gasteiger partial charge in [-0.25, -0.2) is 0 Å². The van der Waals surface area contributed by atoms with Crippen LogP contribution < -0.4 is 5.73 Å². The normalized spacial score (nSPS) is 17.5. The molecule has 0 spiro atoms. The van der Waals surface area contributed by atoms with E-state index in [1.807, 2.05) is 18.2 Å². The van der Waals surface area contributed by atoms with E-state index in [-0.39, 0.29) is 11.9 Å². The van der Waals surface area contributed by atoms with E-state index in [2.05, 4.69) is 16.8 Å². The molecular formula is C17H17ClN4O2. The van der Waals surface area contributed by atoms with Crippen molar-refractivity contribution in [3.05, 3.63) is 53.7 Å². The minimum Gasteiger partial charge on any atom is -0.382 e. The average Bonchev–Trinajstić information content (AvgIpc) is 2.60. The third-order valence-electron chi connectivity index (χ3n) is 3.90. The van der Waals surface area contributed by atoms with E-state index in [9.17, 15) is 4.79 Å². The van der Waals surface area contributed by atoms with Crippen molar-refractivity contribution in [2.75, 3.05) is 25.5 Å². The van der Waals surface area contributed by atoms with E-state index >= 15 is 0 Å². The molecule has 0 saturated carbocycles. The lowest BCUT2D eigenvalue weighted by atomic mass is 9.99. The highest BCUT2D eigenvalue weighted by Crippen LogP contribution is 2.31. The van der Waals surface area contributed by atoms with Gasteiger partial charge in [0, 0.05) is 17.1 Å². The second-order valence-corrected chi connectivity index (χ2v) is 5.91. The van der Waals surface area contributed by atoms with Gasteiger partial charge >= 0.3 is 0 Å². The molecule has 2 heterocycles. The lowest BCUT2D eigenvalue weighted by Gasteiger charge is -2.35. The number of aromatic nitrogens is 2. The van der Waals surface area contributed by atoms with E-state index in [0.717, 1.165) is 16.7 Å². The van der Waals surface area contributed by atoms with Crippen molar-refractivity contribution in [2.45, 2.75) is 6.04 Å². The maximum absolute atomic E-state index is 12.1. The monoisotopic (exact) mass is 344 g/mol. The summed E-state index contributed by atoms with van der Waals surface area (Å²) in [7, 11) is 0. The maximum atomic E-state index is 12.1. The molecule has 1 atom stereocenters. The fourth-order valence-corrected chi connectivity index (χ4v) is 3.02. The lowest BCUT2D eigenvalue weighted by molar-refractivity contribution is -0.134. The van der Waals surface area contributed by atoms with Gasteiger partial charge < -0.3 is 15.4 Å². The largest absolute Gasteiger partial charge is 0.382 e. The van der Waals surface area contributed by atoms with Gasteiger partial charge in [-0.1, -0.05) is 18.2 Å². The van der Waals surface area contributed by atoms with Crippen molar-refractivity contribution in [2.24, 2.45) is 0 Å². The fourth-order valence-electron chi connectivity index (χ4n) is 2.77. The summed E-state index contributed by atoms with van der Waals surface area (Å²) in [5.41, 5.74) is 8.26. The summed E-state index contributed by atoms with van der Waals surface area (Å²) in [4.78, 5) is 13.9. The van der Waals surface area contributed by atoms with Gasteiger partial charge in [-0.05, 0) is 41.5 Å². The molecule has 2 N–H and O–H groups in total. The van der Waals surface area contributed by atoms with Gasteiger partial charge in [0.25, 0.3) is 0 Å². The van der Waals surface area contributed by atoms with Crippen molar-refractivity contribution in [3.8, 4) is 11.1 Å². The van der Waals surface area contributed by atoms with Gasteiger partial charge in [0.1, 0.15) is 5.82 Å². The molecule has 3 rings (SSSR count). The summed E-state index contributed by atoms with van der Waals surface area (Å²) in [6.07, 6.45) is 2.94. The Balaban J connectivity index is 2.01. The van der Waals surface area contributed by atoms with Crippen LogP contribution in [-0.2, 0) is 9.53 Å². The quantitative estimate of drug-likeness (QED) is 0.865. The van der Waals surface area contributed by atoms with Gasteiger partial charge in [-0.15, -0.1) is 5.10 Å². The van der Waals surface area contributed by atoms with E-state index in [1.165, 1.54) is 6.08 Å². The summed E-state index contributed by atoms with van der Waals surface area (Å²) in [6.45, 7) is 5.01. The number of anilines is 1. The Hall–Kier alpha value is -2.44. The first-order chi connectivity index (χ1) is 11.6. The fraction of sp³-hybridized carbons (Fsp3) is 0.235. The number of halogens is 1. The Morgan fingerprint density at radius 1 is 1.38 bits per heavy atom. The molecule has 1 aromatic carbocycles. The molecule has 0 radical (unpaired) electrons. The summed E-state index contributed by atoms with van der Waals surface area (Å²) in [5, 5.41) is 8.19. The number of hydrogen-bond donors (Lipinski definition) is 1. The SMILES string of the molecule is C=CC(=O)N1CCOC[C@H]1c1cc(Cl)cc(-c2cnnc(N)c2)c1. The number of benzene rings is 1. The van der Waals surface area contributed by atoms with Crippen molar-refractivity contribution in [1.82, 2.24) is 15.1 Å². The van der Waals surface area contributed by atoms with Crippen molar-refractivity contribution in [3.63, 3.8) is 0 Å². The molecule has 1 saturated heterocycles. The van der Waals surface area contributed by atoms with Crippen LogP contribution in [0.3, 0.4) is 0 Å². The van der Waals surface area contributed by atoms with E-state index in [0.29, 0.717) is 30.6 Å². The zero-order valence-electron chi connectivity index (χ0n) is 13.0. The molecule has 0 bridgehead atoms. The summed E-state index contributed by atoms with van der Waals surface area (Å²) >= 11 is 6.29. The number of ether oxygens (including phenoxy) is 1. The molecule has 1 aliphatic rings. The Morgan fingerprint density at radius 2 is 2.21 bits per heavy atom. The van der Waals surface area contributed by atoms with Crippen LogP contribution in [0.4, 0.5) is 5.82 Å². The van der Waals surface area contributed by atoms with Crippen LogP contribution in [0.15, 0.2) is 43.1 Å². The Labute approximate surface area is 144 Å². The van der Waals surface area contributed by atoms with Crippen LogP contribution in [0.5, 0.6) is 0 Å². The molecule has 1 aliphatic heterocycles. The maximum Gasteiger partial charge on any atom is 0.246 e. The number of nitrogen functional groups attached to an aromatic ring is 1. The first kappa shape index (κ1) is 16.4. The lowest BCUT2D eigenvalue weighted by Crippen LogP contribution is -2.42. The molecule has 6 nitrogen and oxygen atoms in total. The zero-order chi connectivity index (χ0) is 17.1. The minimum absolute atomic E-state index is 0.125. The predicted octanol–water partition coefficient (Wildman–Crippen LogP) is 2.47. The number of carbonyl (C=O) groups is 1. The number of amides is 1. The standard InChI is InChI=1S/C17H17ClN4O2/c1-2-17(23)22-3-4-24-10-15(22)12-5-11(6-14(18)7-12)13-8-16(19)21-20-9-13/h2,5-9,15H,1,3-4,10H2,(H2,19,21)/t15-/m0/s1. The highest BCUT2D eigenvalue weighted by Gasteiger charge is 2.27. The first-order valence-corrected chi connectivity index (χ1v) is 7.86. The number of carbonyl (C=O) groups excluding carboxylic acids is 1. The van der Waals surface area contributed by atoms with Crippen molar-refractivity contribution >= 4 is 23.3 Å². The highest BCUT2D eigenvalue weighted by molar-refractivity contribution is 6.31. The summed E-state index contributed by atoms with van der Waals surface area (Å²) in [5.74, 6) is 0.207. The van der Waals surface area contributed by atoms with Gasteiger partial charge in [0.2, 0.25) is 5.91 Å². The third kappa shape index (κ3) is 3.39. The van der Waals surface area contributed by atoms with E-state index in [4.69, 9.17) is 22.1 Å². The average molecular weight is 345 g/mol. The molecule has 0 unspecified atom stereocenters. The second-order valence-electron chi connectivity index (χ2n) is 5.47. The van der Waals surface area contributed by atoms with Crippen molar-refractivity contribution in [1.29, 1.82) is 0 Å². The van der Waals surface area contributed by atoms with Crippen LogP contribution >= 0.6 is 11.6 Å². The molecule has 124 valence electrons. The highest BCUT2D eigenvalue weighted by atomic mass is 35.5. The number of rotatable bonds is 3. The minimum atomic E-state index is -0.214. The number of morpholine rings is 1. The van der Waals surface area contributed by atoms with Crippen LogP contribution in [0.2, 0.25) is 5.02 Å². The molecule has 2 aromatic rings. The van der Waals surface area contributed by atoms with Crippen LogP contribution in [0.25, 0.3) is 11.1 Å². The molecule has 0 aliphatic carbocycles. The second kappa shape index (κ2) is 6.98. The Morgan fingerprint density at radius 3 is 2.96 bits per heavy atom. The Kier molecular flexibility index (Phi) is 4.78. The number of nitrogens with two attached hydrogens (primary N) is 1. The van der Waals surface area contributed by atoms with Crippen LogP contribution in [-0.4, -0.2) is 40.8 Å². The predicted molar refractivity (Wildman–Crippen MR) is 92.4 cm³/mol. The van der Waals surface area contributed by atoms with Gasteiger partial charge in [0.05, 0.1) is 25.5 Å². The molecule has 1 aromatic heterocycles. The smallest absolute Gasteiger partial charge is 0.246 e. The summed E-state index contributed by atoms with van der Waals surface area (Å²) in [6, 6.07) is 7.14. The molecule has 7 heteroatoms. The molecule has 1 amide bonds. The van der Waals surface area contributed by atoms with Gasteiger partial charge in [-0.2, -0.15) is 5.10 Å². The third-order valence-corrected chi connectivity index (χ3v) is 4.12. The van der Waals surface area contributed by atoms with Gasteiger partial charge in [0.15, 0.2) is 0 Å². The molecule has 1 fully saturated rings. The van der Waals surface area contributed by atoms with Gasteiger partial charge in [-0.3, -0.25) is 4.79 Å². The zero-order valence-corrected chi connectivity index (χ0v) is 13.7. The molecular weight excluding hydrogens is 328 g/mol.